The summed E-state index contributed by atoms with van der Waals surface area (Å²) >= 11 is 0.102. The zero-order valence-corrected chi connectivity index (χ0v) is 63.1. The van der Waals surface area contributed by atoms with Crippen LogP contribution in [0.2, 0.25) is 0 Å². The van der Waals surface area contributed by atoms with Crippen molar-refractivity contribution in [3.05, 3.63) is 211 Å². The van der Waals surface area contributed by atoms with Gasteiger partial charge < -0.3 is 44.2 Å². The molecule has 38 heteroatoms. The molecule has 3 amide bonds. The number of hydrogen-bond donors (Lipinski definition) is 4. The number of carbonyl (C=O) groups is 3. The van der Waals surface area contributed by atoms with Crippen LogP contribution in [0, 0.1) is 23.3 Å². The van der Waals surface area contributed by atoms with Gasteiger partial charge in [0.2, 0.25) is 27.9 Å². The Kier molecular flexibility index (Phi) is 24.2. The Balaban J connectivity index is 0.000000266. The fourth-order valence-corrected chi connectivity index (χ4v) is 17.0. The molecular weight excluding hydrogens is 1530 g/mol. The van der Waals surface area contributed by atoms with Crippen LogP contribution in [0.5, 0.6) is 0 Å². The van der Waals surface area contributed by atoms with Crippen LogP contribution in [0.1, 0.15) is 52.4 Å². The van der Waals surface area contributed by atoms with Crippen molar-refractivity contribution in [2.75, 3.05) is 124 Å². The lowest BCUT2D eigenvalue weighted by Crippen LogP contribution is -2.55. The SMILES string of the molecule is CC(Nc1ccc(F)cc1F)C(=O)N1CCN(c2ccc(S(=O)(=O)Nc3ccncn3)cc2)CC1.C[C@H](C(=O)N1CCN(c2ccc(S(=O)(=O)Nc3ccncn3)cc2)CC1)n1ccc2c(F)cccc21.C[C@H](C(=O)N1CCN(c2ccc(S(=O)(=O)Nc3nnc(C(F)(F)F)s3)cc2)CC1)N1CCCc2cc(F)ccc21.[HH].[HH].[HH].[HH].[HH].[HH]. The summed E-state index contributed by atoms with van der Waals surface area (Å²) in [6, 6.07) is 34.8. The lowest BCUT2D eigenvalue weighted by Gasteiger charge is -2.41. The van der Waals surface area contributed by atoms with Gasteiger partial charge in [-0.1, -0.05) is 17.4 Å². The maximum absolute atomic E-state index is 14.1. The molecule has 0 saturated carbocycles. The quantitative estimate of drug-likeness (QED) is 0.0547. The molecule has 4 aromatic heterocycles. The van der Waals surface area contributed by atoms with E-state index in [1.165, 1.54) is 85.7 Å². The highest BCUT2D eigenvalue weighted by Crippen LogP contribution is 2.36. The minimum absolute atomic E-state index is 0. The zero-order chi connectivity index (χ0) is 78.9. The average molecular weight is 1620 g/mol. The third-order valence-electron chi connectivity index (χ3n) is 19.0. The van der Waals surface area contributed by atoms with Crippen molar-refractivity contribution in [1.82, 2.24) is 49.4 Å². The molecule has 10 aromatic rings. The van der Waals surface area contributed by atoms with E-state index in [9.17, 15) is 70.4 Å². The first-order chi connectivity index (χ1) is 53.0. The minimum atomic E-state index is -4.71. The molecule has 6 aromatic carbocycles. The van der Waals surface area contributed by atoms with Gasteiger partial charge in [-0.15, -0.1) is 10.2 Å². The van der Waals surface area contributed by atoms with Crippen LogP contribution in [0.3, 0.4) is 0 Å². The highest BCUT2D eigenvalue weighted by molar-refractivity contribution is 7.93. The predicted molar refractivity (Wildman–Crippen MR) is 417 cm³/mol. The number of anilines is 8. The van der Waals surface area contributed by atoms with Gasteiger partial charge in [-0.2, -0.15) is 13.2 Å². The number of hydrogen-bond acceptors (Lipinski definition) is 21. The van der Waals surface area contributed by atoms with Crippen LogP contribution in [0.25, 0.3) is 10.9 Å². The molecule has 1 unspecified atom stereocenters. The number of nitrogens with zero attached hydrogens (tertiary/aromatic N) is 14. The molecule has 3 fully saturated rings. The van der Waals surface area contributed by atoms with E-state index in [4.69, 9.17) is 0 Å². The second-order valence-corrected chi connectivity index (χ2v) is 32.2. The number of rotatable bonds is 19. The van der Waals surface area contributed by atoms with E-state index >= 15 is 0 Å². The van der Waals surface area contributed by atoms with E-state index in [1.807, 2.05) is 43.9 Å². The average Bonchev–Trinajstić information content (AvgIpc) is 1.57. The standard InChI is InChI=1S/C25H26F4N6O3S2.C25H25FN6O3S.C23H24F2N6O3S.6H2/c1-16(35-10-2-3-17-15-18(26)4-9-21(17)35)22(36)34-13-11-33(12-14-34)19-5-7-20(8-6-19)40(37,38)32-24-31-30-23(39-24)25(27,28)29;1-18(32-12-10-21-22(26)3-2-4-23(21)32)25(33)31-15-13-30(14-16-31)19-5-7-20(8-6-19)36(34,35)29-24-9-11-27-17-28-24;1-16(28-21-7-2-17(24)14-20(21)25)23(32)31-12-10-30(11-13-31)18-3-5-19(6-4-18)35(33,34)29-22-8-9-26-15-27-22;;;;;;/h4-9,15-16H,2-3,10-14H2,1H3,(H,31,32);2-12,17-18H,13-16H2,1H3,(H,27,28,29);2-9,14-16,28H,10-13H2,1H3,(H,26,27,29);6*1H/t16-;18-;;;;;;;/m11......./s1. The summed E-state index contributed by atoms with van der Waals surface area (Å²) in [5, 5.41) is 7.81. The monoisotopic (exact) mass is 1620 g/mol. The van der Waals surface area contributed by atoms with Gasteiger partial charge in [0, 0.05) is 146 Å². The predicted octanol–water partition coefficient (Wildman–Crippen LogP) is 11.4. The Morgan fingerprint density at radius 1 is 0.505 bits per heavy atom. The third-order valence-corrected chi connectivity index (χ3v) is 24.1. The van der Waals surface area contributed by atoms with Crippen molar-refractivity contribution >= 4 is 115 Å². The Bertz CT molecular complexity index is 5330. The summed E-state index contributed by atoms with van der Waals surface area (Å²) in [5.41, 5.74) is 5.02. The molecule has 4 N–H and O–H groups in total. The Morgan fingerprint density at radius 3 is 1.44 bits per heavy atom. The normalized spacial score (nSPS) is 15.7. The van der Waals surface area contributed by atoms with E-state index in [0.717, 1.165) is 59.8 Å². The van der Waals surface area contributed by atoms with Crippen LogP contribution in [-0.2, 0) is 57.1 Å². The first-order valence-corrected chi connectivity index (χ1v) is 40.2. The van der Waals surface area contributed by atoms with Crippen LogP contribution in [-0.4, -0.2) is 190 Å². The molecule has 0 aliphatic carbocycles. The summed E-state index contributed by atoms with van der Waals surface area (Å²) in [5.74, 6) is -1.87. The van der Waals surface area contributed by atoms with Gasteiger partial charge >= 0.3 is 6.18 Å². The van der Waals surface area contributed by atoms with Gasteiger partial charge in [0.25, 0.3) is 30.1 Å². The molecule has 0 spiro atoms. The van der Waals surface area contributed by atoms with Gasteiger partial charge in [0.1, 0.15) is 65.7 Å². The topological polar surface area (TPSA) is 307 Å². The maximum atomic E-state index is 14.1. The number of aryl methyl sites for hydroxylation is 1. The fraction of sp³-hybridized carbons (Fsp3) is 0.301. The van der Waals surface area contributed by atoms with E-state index in [-0.39, 0.29) is 81.3 Å². The Morgan fingerprint density at radius 2 is 0.973 bits per heavy atom. The molecule has 27 nitrogen and oxygen atoms in total. The van der Waals surface area contributed by atoms with Crippen molar-refractivity contribution < 1.29 is 78.9 Å². The molecule has 8 heterocycles. The second kappa shape index (κ2) is 33.9. The van der Waals surface area contributed by atoms with Crippen LogP contribution < -0.4 is 39.1 Å². The molecule has 4 aliphatic heterocycles. The molecule has 0 radical (unpaired) electrons. The lowest BCUT2D eigenvalue weighted by atomic mass is 9.99. The Hall–Kier alpha value is -11.3. The first-order valence-electron chi connectivity index (χ1n) is 34.9. The van der Waals surface area contributed by atoms with E-state index in [2.05, 4.69) is 54.7 Å². The van der Waals surface area contributed by atoms with Crippen LogP contribution in [0.4, 0.5) is 75.9 Å². The minimum Gasteiger partial charge on any atom is -0.372 e. The molecular formula is C73H87F7N18O9S4. The first kappa shape index (κ1) is 79.3. The molecule has 3 atom stereocenters. The molecule has 14 rings (SSSR count). The van der Waals surface area contributed by atoms with Crippen molar-refractivity contribution in [2.24, 2.45) is 0 Å². The Labute approximate surface area is 647 Å². The van der Waals surface area contributed by atoms with Crippen LogP contribution in [0.15, 0.2) is 192 Å². The second-order valence-electron chi connectivity index (χ2n) is 26.1. The summed E-state index contributed by atoms with van der Waals surface area (Å²) in [6.07, 6.45) is 4.09. The number of alkyl halides is 3. The van der Waals surface area contributed by atoms with Crippen molar-refractivity contribution in [3.8, 4) is 0 Å². The number of nitrogens with one attached hydrogen (secondary N) is 4. The smallest absolute Gasteiger partial charge is 0.372 e. The van der Waals surface area contributed by atoms with Crippen molar-refractivity contribution in [1.29, 1.82) is 0 Å². The van der Waals surface area contributed by atoms with Gasteiger partial charge in [-0.25, -0.2) is 62.8 Å². The summed E-state index contributed by atoms with van der Waals surface area (Å²) in [4.78, 5) is 68.2. The largest absolute Gasteiger partial charge is 0.445 e. The summed E-state index contributed by atoms with van der Waals surface area (Å²) < 4.78 is 177. The van der Waals surface area contributed by atoms with Gasteiger partial charge in [-0.05, 0) is 173 Å². The van der Waals surface area contributed by atoms with Gasteiger partial charge in [-0.3, -0.25) is 28.5 Å². The third kappa shape index (κ3) is 19.1. The van der Waals surface area contributed by atoms with E-state index < -0.39 is 76.1 Å². The zero-order valence-electron chi connectivity index (χ0n) is 59.8. The van der Waals surface area contributed by atoms with Crippen LogP contribution >= 0.6 is 11.3 Å². The molecule has 3 saturated heterocycles. The van der Waals surface area contributed by atoms with Gasteiger partial charge in [0.05, 0.1) is 25.9 Å². The number of benzene rings is 6. The number of sulfonamides is 3. The number of amides is 3. The highest BCUT2D eigenvalue weighted by Gasteiger charge is 2.37. The number of aromatic nitrogens is 7. The maximum Gasteiger partial charge on any atom is 0.445 e. The fourth-order valence-electron chi connectivity index (χ4n) is 13.2. The van der Waals surface area contributed by atoms with Crippen molar-refractivity contribution in [2.45, 2.75) is 72.6 Å². The van der Waals surface area contributed by atoms with E-state index in [1.54, 1.807) is 89.7 Å². The molecule has 596 valence electrons. The number of carbonyl (C=O) groups excluding carboxylic acids is 3. The lowest BCUT2D eigenvalue weighted by molar-refractivity contribution is -0.138. The molecule has 4 aliphatic rings. The van der Waals surface area contributed by atoms with Crippen molar-refractivity contribution in [3.63, 3.8) is 0 Å². The van der Waals surface area contributed by atoms with E-state index in [0.29, 0.717) is 89.4 Å². The number of piperazine rings is 3. The van der Waals surface area contributed by atoms with Gasteiger partial charge in [0.15, 0.2) is 0 Å². The summed E-state index contributed by atoms with van der Waals surface area (Å²) in [7, 11) is -11.7. The number of halogens is 7. The highest BCUT2D eigenvalue weighted by atomic mass is 32.2. The summed E-state index contributed by atoms with van der Waals surface area (Å²) in [6.45, 7) is 12.4. The molecule has 0 bridgehead atoms. The molecule has 111 heavy (non-hydrogen) atoms. The number of fused-ring (bicyclic) bond motifs is 2.